The molecule has 1 fully saturated rings. The van der Waals surface area contributed by atoms with Crippen LogP contribution in [0.5, 0.6) is 0 Å². The van der Waals surface area contributed by atoms with Crippen molar-refractivity contribution in [2.24, 2.45) is 0 Å². The summed E-state index contributed by atoms with van der Waals surface area (Å²) in [5.74, 6) is 0.816. The molecule has 2 N–H and O–H groups in total. The topological polar surface area (TPSA) is 62.5 Å². The first-order valence-electron chi connectivity index (χ1n) is 5.13. The number of aliphatic carboxylic acids is 1. The Bertz CT molecular complexity index is 413. The highest BCUT2D eigenvalue weighted by atomic mass is 32.2. The minimum atomic E-state index is -0.816. The average molecular weight is 241 g/mol. The third-order valence-corrected chi connectivity index (χ3v) is 4.15. The predicted molar refractivity (Wildman–Crippen MR) is 62.4 cm³/mol. The molecule has 0 spiro atoms. The van der Waals surface area contributed by atoms with Gasteiger partial charge in [0, 0.05) is 4.75 Å². The van der Waals surface area contributed by atoms with Crippen LogP contribution in [0, 0.1) is 6.92 Å². The van der Waals surface area contributed by atoms with E-state index in [4.69, 9.17) is 9.52 Å². The van der Waals surface area contributed by atoms with Gasteiger partial charge in [-0.1, -0.05) is 0 Å². The summed E-state index contributed by atoms with van der Waals surface area (Å²) in [6.45, 7) is 5.74. The van der Waals surface area contributed by atoms with E-state index in [1.807, 2.05) is 32.9 Å². The van der Waals surface area contributed by atoms with Crippen LogP contribution in [-0.4, -0.2) is 21.9 Å². The summed E-state index contributed by atoms with van der Waals surface area (Å²) in [5.41, 5.74) is 0. The Kier molecular flexibility index (Phi) is 2.75. The van der Waals surface area contributed by atoms with E-state index in [9.17, 15) is 4.79 Å². The fraction of sp³-hybridized carbons (Fsp3) is 0.545. The molecule has 0 radical (unpaired) electrons. The number of aryl methyl sites for hydroxylation is 1. The van der Waals surface area contributed by atoms with E-state index in [1.165, 1.54) is 0 Å². The van der Waals surface area contributed by atoms with Crippen molar-refractivity contribution in [3.63, 3.8) is 0 Å². The maximum Gasteiger partial charge on any atom is 0.322 e. The van der Waals surface area contributed by atoms with Crippen LogP contribution in [-0.2, 0) is 4.79 Å². The molecule has 1 saturated heterocycles. The van der Waals surface area contributed by atoms with Gasteiger partial charge in [0.15, 0.2) is 0 Å². The summed E-state index contributed by atoms with van der Waals surface area (Å²) in [5, 5.41) is 12.1. The highest BCUT2D eigenvalue weighted by molar-refractivity contribution is 8.01. The van der Waals surface area contributed by atoms with Crippen LogP contribution in [0.3, 0.4) is 0 Å². The van der Waals surface area contributed by atoms with Gasteiger partial charge in [-0.2, -0.15) is 0 Å². The molecule has 1 aromatic heterocycles. The number of thioether (sulfide) groups is 1. The van der Waals surface area contributed by atoms with Gasteiger partial charge in [-0.25, -0.2) is 0 Å². The third kappa shape index (κ3) is 1.97. The van der Waals surface area contributed by atoms with E-state index in [0.29, 0.717) is 0 Å². The molecular weight excluding hydrogens is 226 g/mol. The van der Waals surface area contributed by atoms with Gasteiger partial charge in [0.25, 0.3) is 0 Å². The largest absolute Gasteiger partial charge is 0.480 e. The van der Waals surface area contributed by atoms with Crippen molar-refractivity contribution in [1.29, 1.82) is 0 Å². The Morgan fingerprint density at radius 1 is 1.56 bits per heavy atom. The van der Waals surface area contributed by atoms with Crippen LogP contribution in [0.15, 0.2) is 16.5 Å². The lowest BCUT2D eigenvalue weighted by Crippen LogP contribution is -2.43. The van der Waals surface area contributed by atoms with Gasteiger partial charge in [-0.15, -0.1) is 11.8 Å². The van der Waals surface area contributed by atoms with Crippen LogP contribution in [0.4, 0.5) is 0 Å². The van der Waals surface area contributed by atoms with Gasteiger partial charge in [0.2, 0.25) is 0 Å². The van der Waals surface area contributed by atoms with Crippen molar-refractivity contribution in [1.82, 2.24) is 5.32 Å². The van der Waals surface area contributed by atoms with Crippen molar-refractivity contribution in [3.05, 3.63) is 23.7 Å². The van der Waals surface area contributed by atoms with E-state index in [2.05, 4.69) is 5.32 Å². The molecule has 0 unspecified atom stereocenters. The SMILES string of the molecule is Cc1ccc([C@H]2N[C@@H](C(=O)O)C(C)(C)S2)o1. The molecule has 5 heteroatoms. The maximum absolute atomic E-state index is 11.1. The standard InChI is InChI=1S/C11H15NO3S/c1-6-4-5-7(15-6)9-12-8(10(13)14)11(2,3)16-9/h4-5,8-9,12H,1-3H3,(H,13,14)/t8-,9-/m0/s1. The van der Waals surface area contributed by atoms with Crippen molar-refractivity contribution in [2.75, 3.05) is 0 Å². The van der Waals surface area contributed by atoms with Crippen molar-refractivity contribution < 1.29 is 14.3 Å². The first-order valence-corrected chi connectivity index (χ1v) is 6.01. The highest BCUT2D eigenvalue weighted by Crippen LogP contribution is 2.45. The smallest absolute Gasteiger partial charge is 0.322 e. The molecule has 0 aromatic carbocycles. The van der Waals surface area contributed by atoms with Crippen molar-refractivity contribution in [2.45, 2.75) is 36.9 Å². The minimum absolute atomic E-state index is 0.0789. The van der Waals surface area contributed by atoms with Crippen molar-refractivity contribution >= 4 is 17.7 Å². The zero-order chi connectivity index (χ0) is 11.9. The molecule has 1 aliphatic rings. The molecule has 0 aliphatic carbocycles. The highest BCUT2D eigenvalue weighted by Gasteiger charge is 2.46. The summed E-state index contributed by atoms with van der Waals surface area (Å²) in [4.78, 5) is 11.1. The fourth-order valence-electron chi connectivity index (χ4n) is 1.86. The number of furan rings is 1. The van der Waals surface area contributed by atoms with Gasteiger partial charge in [-0.05, 0) is 32.9 Å². The second-order valence-corrected chi connectivity index (χ2v) is 6.25. The van der Waals surface area contributed by atoms with Gasteiger partial charge >= 0.3 is 5.97 Å². The molecule has 1 aromatic rings. The van der Waals surface area contributed by atoms with E-state index in [1.54, 1.807) is 11.8 Å². The summed E-state index contributed by atoms with van der Waals surface area (Å²) in [6.07, 6.45) is 0. The van der Waals surface area contributed by atoms with Crippen LogP contribution in [0.25, 0.3) is 0 Å². The number of carboxylic acids is 1. The lowest BCUT2D eigenvalue weighted by Gasteiger charge is -2.20. The quantitative estimate of drug-likeness (QED) is 0.830. The molecule has 16 heavy (non-hydrogen) atoms. The first-order chi connectivity index (χ1) is 7.40. The normalized spacial score (nSPS) is 28.2. The van der Waals surface area contributed by atoms with Crippen LogP contribution >= 0.6 is 11.8 Å². The van der Waals surface area contributed by atoms with Crippen molar-refractivity contribution in [3.8, 4) is 0 Å². The van der Waals surface area contributed by atoms with Crippen LogP contribution < -0.4 is 5.32 Å². The maximum atomic E-state index is 11.1. The predicted octanol–water partition coefficient (Wildman–Crippen LogP) is 2.15. The van der Waals surface area contributed by atoms with Gasteiger partial charge in [-0.3, -0.25) is 10.1 Å². The lowest BCUT2D eigenvalue weighted by atomic mass is 10.0. The lowest BCUT2D eigenvalue weighted by molar-refractivity contribution is -0.139. The Morgan fingerprint density at radius 2 is 2.25 bits per heavy atom. The molecule has 2 rings (SSSR count). The number of carboxylic acid groups (broad SMARTS) is 1. The Hall–Kier alpha value is -0.940. The molecule has 2 atom stereocenters. The molecule has 0 saturated carbocycles. The minimum Gasteiger partial charge on any atom is -0.480 e. The molecular formula is C11H15NO3S. The Morgan fingerprint density at radius 3 is 2.69 bits per heavy atom. The monoisotopic (exact) mass is 241 g/mol. The summed E-state index contributed by atoms with van der Waals surface area (Å²) in [7, 11) is 0. The fourth-order valence-corrected chi connectivity index (χ4v) is 3.22. The molecule has 4 nitrogen and oxygen atoms in total. The Labute approximate surface area is 98.4 Å². The van der Waals surface area contributed by atoms with Gasteiger partial charge < -0.3 is 9.52 Å². The third-order valence-electron chi connectivity index (χ3n) is 2.70. The molecule has 88 valence electrons. The zero-order valence-corrected chi connectivity index (χ0v) is 10.3. The molecule has 0 bridgehead atoms. The zero-order valence-electron chi connectivity index (χ0n) is 9.48. The first kappa shape index (κ1) is 11.5. The summed E-state index contributed by atoms with van der Waals surface area (Å²) in [6, 6.07) is 3.23. The van der Waals surface area contributed by atoms with Gasteiger partial charge in [0.05, 0.1) is 0 Å². The van der Waals surface area contributed by atoms with E-state index in [0.717, 1.165) is 11.5 Å². The number of nitrogens with one attached hydrogen (secondary N) is 1. The number of rotatable bonds is 2. The number of hydrogen-bond acceptors (Lipinski definition) is 4. The molecule has 0 amide bonds. The van der Waals surface area contributed by atoms with E-state index in [-0.39, 0.29) is 10.1 Å². The summed E-state index contributed by atoms with van der Waals surface area (Å²) >= 11 is 1.58. The second kappa shape index (κ2) is 3.82. The van der Waals surface area contributed by atoms with Gasteiger partial charge in [0.1, 0.15) is 22.9 Å². The Balaban J connectivity index is 2.20. The van der Waals surface area contributed by atoms with E-state index < -0.39 is 12.0 Å². The number of hydrogen-bond donors (Lipinski definition) is 2. The van der Waals surface area contributed by atoms with E-state index >= 15 is 0 Å². The average Bonchev–Trinajstić information content (AvgIpc) is 2.69. The molecule has 2 heterocycles. The second-order valence-electron chi connectivity index (χ2n) is 4.49. The summed E-state index contributed by atoms with van der Waals surface area (Å²) < 4.78 is 5.18. The number of carbonyl (C=O) groups is 1. The van der Waals surface area contributed by atoms with Crippen LogP contribution in [0.1, 0.15) is 30.7 Å². The molecule has 1 aliphatic heterocycles. The van der Waals surface area contributed by atoms with Crippen LogP contribution in [0.2, 0.25) is 0 Å².